The molecule has 8 heteroatoms. The lowest BCUT2D eigenvalue weighted by Crippen LogP contribution is -2.49. The fraction of sp³-hybridized carbons (Fsp3) is 0.364. The van der Waals surface area contributed by atoms with E-state index in [1.165, 1.54) is 22.1 Å². The minimum atomic E-state index is -3.22. The number of carbonyl (C=O) groups is 1. The number of carbonyl (C=O) groups excluding carboxylic acids is 1. The van der Waals surface area contributed by atoms with E-state index in [1.807, 2.05) is 4.90 Å². The van der Waals surface area contributed by atoms with E-state index in [2.05, 4.69) is 30.9 Å². The predicted octanol–water partition coefficient (Wildman–Crippen LogP) is 3.21. The molecule has 0 radical (unpaired) electrons. The quantitative estimate of drug-likeness (QED) is 0.619. The maximum Gasteiger partial charge on any atom is 0.227 e. The molecule has 0 aliphatic carbocycles. The lowest BCUT2D eigenvalue weighted by Gasteiger charge is -2.34. The second-order valence-corrected chi connectivity index (χ2v) is 10.9. The number of rotatable bonds is 4. The minimum absolute atomic E-state index is 0.0672. The van der Waals surface area contributed by atoms with Gasteiger partial charge in [-0.05, 0) is 48.7 Å². The smallest absolute Gasteiger partial charge is 0.227 e. The van der Waals surface area contributed by atoms with Crippen molar-refractivity contribution in [3.8, 4) is 0 Å². The van der Waals surface area contributed by atoms with Crippen molar-refractivity contribution in [2.75, 3.05) is 37.3 Å². The Kier molecular flexibility index (Phi) is 5.55. The van der Waals surface area contributed by atoms with Crippen LogP contribution in [0.5, 0.6) is 0 Å². The molecular formula is C22H25N3O3S2. The SMILES string of the molecule is Cc1cc(C)c2nc(N3CCN(C(=O)Cc4ccc(S(C)(=O)=O)cc4)CC3)sc2c1. The Bertz CT molecular complexity index is 1190. The summed E-state index contributed by atoms with van der Waals surface area (Å²) >= 11 is 1.71. The van der Waals surface area contributed by atoms with Crippen molar-refractivity contribution >= 4 is 42.4 Å². The molecule has 1 saturated heterocycles. The first-order valence-corrected chi connectivity index (χ1v) is 12.6. The zero-order valence-electron chi connectivity index (χ0n) is 17.4. The van der Waals surface area contributed by atoms with Crippen LogP contribution >= 0.6 is 11.3 Å². The van der Waals surface area contributed by atoms with Crippen LogP contribution in [0.2, 0.25) is 0 Å². The van der Waals surface area contributed by atoms with Gasteiger partial charge < -0.3 is 9.80 Å². The van der Waals surface area contributed by atoms with Crippen LogP contribution in [-0.2, 0) is 21.1 Å². The Morgan fingerprint density at radius 3 is 2.37 bits per heavy atom. The molecule has 1 aliphatic heterocycles. The highest BCUT2D eigenvalue weighted by molar-refractivity contribution is 7.90. The van der Waals surface area contributed by atoms with Crippen molar-refractivity contribution < 1.29 is 13.2 Å². The fourth-order valence-corrected chi connectivity index (χ4v) is 5.61. The third-order valence-electron chi connectivity index (χ3n) is 5.43. The summed E-state index contributed by atoms with van der Waals surface area (Å²) in [5.74, 6) is 0.0672. The van der Waals surface area contributed by atoms with Crippen LogP contribution in [0.1, 0.15) is 16.7 Å². The molecule has 158 valence electrons. The number of aryl methyl sites for hydroxylation is 2. The highest BCUT2D eigenvalue weighted by Gasteiger charge is 2.23. The molecule has 2 heterocycles. The van der Waals surface area contributed by atoms with Gasteiger partial charge in [0.05, 0.1) is 21.5 Å². The summed E-state index contributed by atoms with van der Waals surface area (Å²) < 4.78 is 24.3. The van der Waals surface area contributed by atoms with Gasteiger partial charge in [0.2, 0.25) is 5.91 Å². The van der Waals surface area contributed by atoms with Gasteiger partial charge in [-0.3, -0.25) is 4.79 Å². The van der Waals surface area contributed by atoms with Crippen LogP contribution in [0.4, 0.5) is 5.13 Å². The van der Waals surface area contributed by atoms with Gasteiger partial charge in [-0.2, -0.15) is 0 Å². The van der Waals surface area contributed by atoms with Crippen molar-refractivity contribution in [3.05, 3.63) is 53.1 Å². The third kappa shape index (κ3) is 4.34. The van der Waals surface area contributed by atoms with Crippen LogP contribution in [0.15, 0.2) is 41.3 Å². The molecule has 4 rings (SSSR count). The molecule has 1 aromatic heterocycles. The summed E-state index contributed by atoms with van der Waals surface area (Å²) in [5.41, 5.74) is 4.34. The van der Waals surface area contributed by atoms with Gasteiger partial charge in [-0.15, -0.1) is 0 Å². The fourth-order valence-electron chi connectivity index (χ4n) is 3.78. The van der Waals surface area contributed by atoms with Gasteiger partial charge in [-0.25, -0.2) is 13.4 Å². The first-order valence-electron chi connectivity index (χ1n) is 9.90. The van der Waals surface area contributed by atoms with Crippen LogP contribution in [-0.4, -0.2) is 56.6 Å². The van der Waals surface area contributed by atoms with E-state index in [1.54, 1.807) is 35.6 Å². The second kappa shape index (κ2) is 8.00. The van der Waals surface area contributed by atoms with Crippen LogP contribution < -0.4 is 4.90 Å². The zero-order valence-corrected chi connectivity index (χ0v) is 19.0. The Balaban J connectivity index is 1.38. The molecular weight excluding hydrogens is 418 g/mol. The summed E-state index contributed by atoms with van der Waals surface area (Å²) in [6, 6.07) is 10.9. The monoisotopic (exact) mass is 443 g/mol. The van der Waals surface area contributed by atoms with E-state index in [0.29, 0.717) is 13.1 Å². The maximum absolute atomic E-state index is 12.7. The second-order valence-electron chi connectivity index (χ2n) is 7.89. The molecule has 0 N–H and O–H groups in total. The van der Waals surface area contributed by atoms with Crippen molar-refractivity contribution in [1.82, 2.24) is 9.88 Å². The Morgan fingerprint density at radius 1 is 1.07 bits per heavy atom. The van der Waals surface area contributed by atoms with Crippen LogP contribution in [0.25, 0.3) is 10.2 Å². The summed E-state index contributed by atoms with van der Waals surface area (Å²) in [7, 11) is -3.22. The van der Waals surface area contributed by atoms with E-state index in [9.17, 15) is 13.2 Å². The van der Waals surface area contributed by atoms with Gasteiger partial charge in [0.15, 0.2) is 15.0 Å². The van der Waals surface area contributed by atoms with Gasteiger partial charge in [0.1, 0.15) is 0 Å². The number of hydrogen-bond acceptors (Lipinski definition) is 6. The average molecular weight is 444 g/mol. The number of hydrogen-bond donors (Lipinski definition) is 0. The van der Waals surface area contributed by atoms with E-state index in [0.717, 1.165) is 29.3 Å². The summed E-state index contributed by atoms with van der Waals surface area (Å²) in [6.07, 6.45) is 1.46. The Hall–Kier alpha value is -2.45. The largest absolute Gasteiger partial charge is 0.345 e. The number of fused-ring (bicyclic) bond motifs is 1. The van der Waals surface area contributed by atoms with Gasteiger partial charge in [0.25, 0.3) is 0 Å². The molecule has 0 atom stereocenters. The first kappa shape index (κ1) is 20.8. The summed E-state index contributed by atoms with van der Waals surface area (Å²) in [4.78, 5) is 21.9. The lowest BCUT2D eigenvalue weighted by molar-refractivity contribution is -0.130. The summed E-state index contributed by atoms with van der Waals surface area (Å²) in [6.45, 7) is 7.04. The van der Waals surface area contributed by atoms with Crippen molar-refractivity contribution in [1.29, 1.82) is 0 Å². The molecule has 1 aliphatic rings. The minimum Gasteiger partial charge on any atom is -0.345 e. The van der Waals surface area contributed by atoms with E-state index < -0.39 is 9.84 Å². The molecule has 0 unspecified atom stereocenters. The molecule has 3 aromatic rings. The molecule has 1 fully saturated rings. The number of sulfone groups is 1. The molecule has 1 amide bonds. The number of amides is 1. The van der Waals surface area contributed by atoms with Gasteiger partial charge in [-0.1, -0.05) is 29.5 Å². The predicted molar refractivity (Wildman–Crippen MR) is 121 cm³/mol. The highest BCUT2D eigenvalue weighted by atomic mass is 32.2. The maximum atomic E-state index is 12.7. The molecule has 0 spiro atoms. The first-order chi connectivity index (χ1) is 14.2. The molecule has 2 aromatic carbocycles. The summed E-state index contributed by atoms with van der Waals surface area (Å²) in [5, 5.41) is 1.02. The van der Waals surface area contributed by atoms with E-state index in [4.69, 9.17) is 4.98 Å². The molecule has 30 heavy (non-hydrogen) atoms. The number of piperazine rings is 1. The Morgan fingerprint density at radius 2 is 1.73 bits per heavy atom. The van der Waals surface area contributed by atoms with Crippen LogP contribution in [0, 0.1) is 13.8 Å². The van der Waals surface area contributed by atoms with Crippen LogP contribution in [0.3, 0.4) is 0 Å². The normalized spacial score (nSPS) is 15.0. The zero-order chi connectivity index (χ0) is 21.5. The third-order valence-corrected chi connectivity index (χ3v) is 7.62. The highest BCUT2D eigenvalue weighted by Crippen LogP contribution is 2.32. The van der Waals surface area contributed by atoms with Crippen molar-refractivity contribution in [3.63, 3.8) is 0 Å². The average Bonchev–Trinajstić information content (AvgIpc) is 3.12. The Labute approximate surface area is 181 Å². The van der Waals surface area contributed by atoms with Crippen molar-refractivity contribution in [2.45, 2.75) is 25.2 Å². The van der Waals surface area contributed by atoms with Crippen molar-refractivity contribution in [2.24, 2.45) is 0 Å². The van der Waals surface area contributed by atoms with Gasteiger partial charge >= 0.3 is 0 Å². The topological polar surface area (TPSA) is 70.6 Å². The number of benzene rings is 2. The van der Waals surface area contributed by atoms with E-state index >= 15 is 0 Å². The van der Waals surface area contributed by atoms with Gasteiger partial charge in [0, 0.05) is 32.4 Å². The molecule has 6 nitrogen and oxygen atoms in total. The molecule has 0 bridgehead atoms. The molecule has 0 saturated carbocycles. The standard InChI is InChI=1S/C22H25N3O3S2/c1-15-12-16(2)21-19(13-15)29-22(23-21)25-10-8-24(9-11-25)20(26)14-17-4-6-18(7-5-17)30(3,27)28/h4-7,12-13H,8-11,14H2,1-3H3. The van der Waals surface area contributed by atoms with E-state index in [-0.39, 0.29) is 17.2 Å². The lowest BCUT2D eigenvalue weighted by atomic mass is 10.1. The number of thiazole rings is 1. The number of nitrogens with zero attached hydrogens (tertiary/aromatic N) is 3. The number of aromatic nitrogens is 1. The number of anilines is 1.